The van der Waals surface area contributed by atoms with Gasteiger partial charge >= 0.3 is 0 Å². The zero-order chi connectivity index (χ0) is 47.9. The molecule has 4 N–H and O–H groups in total. The monoisotopic (exact) mass is 930 g/mol. The topological polar surface area (TPSA) is 89.8 Å². The number of carbonyl (C=O) groups is 1. The Labute approximate surface area is 413 Å². The Morgan fingerprint density at radius 1 is 0.379 bits per heavy atom. The van der Waals surface area contributed by atoms with E-state index in [4.69, 9.17) is 0 Å². The van der Waals surface area contributed by atoms with Crippen LogP contribution in [-0.4, -0.2) is 46.1 Å². The van der Waals surface area contributed by atoms with Crippen molar-refractivity contribution in [2.24, 2.45) is 0 Å². The quantitative estimate of drug-likeness (QED) is 0.0361. The number of aliphatic hydroxyl groups excluding tert-OH is 3. The van der Waals surface area contributed by atoms with E-state index < -0.39 is 18.2 Å². The van der Waals surface area contributed by atoms with Crippen molar-refractivity contribution in [2.75, 3.05) is 6.61 Å². The van der Waals surface area contributed by atoms with Gasteiger partial charge in [0.15, 0.2) is 0 Å². The Morgan fingerprint density at radius 3 is 0.970 bits per heavy atom. The van der Waals surface area contributed by atoms with Gasteiger partial charge in [-0.25, -0.2) is 0 Å². The number of hydrogen-bond acceptors (Lipinski definition) is 4. The number of allylic oxidation sites excluding steroid dienone is 3. The molecule has 0 aliphatic rings. The predicted molar refractivity (Wildman–Crippen MR) is 292 cm³/mol. The van der Waals surface area contributed by atoms with Crippen LogP contribution in [0.2, 0.25) is 0 Å². The molecule has 3 atom stereocenters. The highest BCUT2D eigenvalue weighted by Gasteiger charge is 2.20. The summed E-state index contributed by atoms with van der Waals surface area (Å²) in [6.45, 7) is 4.25. The minimum atomic E-state index is -0.951. The summed E-state index contributed by atoms with van der Waals surface area (Å²) in [6, 6.07) is -0.759. The summed E-state index contributed by atoms with van der Waals surface area (Å²) in [7, 11) is 0. The Kier molecular flexibility index (Phi) is 55.4. The van der Waals surface area contributed by atoms with E-state index in [0.29, 0.717) is 6.42 Å². The molecule has 0 saturated carbocycles. The van der Waals surface area contributed by atoms with E-state index >= 15 is 0 Å². The molecule has 392 valence electrons. The molecular formula is C61H119NO4. The third kappa shape index (κ3) is 52.2. The van der Waals surface area contributed by atoms with Gasteiger partial charge in [-0.3, -0.25) is 4.79 Å². The molecule has 0 aliphatic heterocycles. The molecule has 0 bridgehead atoms. The van der Waals surface area contributed by atoms with Crippen molar-refractivity contribution in [3.8, 4) is 0 Å². The van der Waals surface area contributed by atoms with Crippen molar-refractivity contribution in [1.29, 1.82) is 0 Å². The highest BCUT2D eigenvalue weighted by molar-refractivity contribution is 5.76. The second-order valence-electron chi connectivity index (χ2n) is 21.0. The first-order valence-corrected chi connectivity index (χ1v) is 30.1. The van der Waals surface area contributed by atoms with E-state index in [1.807, 2.05) is 6.08 Å². The van der Waals surface area contributed by atoms with Crippen LogP contribution >= 0.6 is 0 Å². The van der Waals surface area contributed by atoms with Gasteiger partial charge in [0.05, 0.1) is 31.3 Å². The Balaban J connectivity index is 3.54. The maximum absolute atomic E-state index is 12.5. The summed E-state index contributed by atoms with van der Waals surface area (Å²) in [5.74, 6) is -0.318. The van der Waals surface area contributed by atoms with E-state index in [1.165, 1.54) is 276 Å². The van der Waals surface area contributed by atoms with Gasteiger partial charge in [-0.1, -0.05) is 321 Å². The smallest absolute Gasteiger partial charge is 0.222 e. The molecule has 0 aromatic carbocycles. The zero-order valence-electron chi connectivity index (χ0n) is 44.9. The highest BCUT2D eigenvalue weighted by Crippen LogP contribution is 2.18. The summed E-state index contributed by atoms with van der Waals surface area (Å²) in [6.07, 6.45) is 72.5. The first-order chi connectivity index (χ1) is 32.5. The highest BCUT2D eigenvalue weighted by atomic mass is 16.3. The second-order valence-corrected chi connectivity index (χ2v) is 21.0. The number of hydrogen-bond donors (Lipinski definition) is 4. The molecule has 0 radical (unpaired) electrons. The minimum Gasteiger partial charge on any atom is -0.394 e. The molecule has 3 unspecified atom stereocenters. The van der Waals surface area contributed by atoms with Gasteiger partial charge in [-0.15, -0.1) is 0 Å². The molecule has 0 aromatic heterocycles. The number of carbonyl (C=O) groups excluding carboxylic acids is 1. The third-order valence-electron chi connectivity index (χ3n) is 14.2. The normalized spacial score (nSPS) is 13.3. The van der Waals surface area contributed by atoms with Crippen LogP contribution in [0.25, 0.3) is 0 Å². The van der Waals surface area contributed by atoms with E-state index in [-0.39, 0.29) is 18.9 Å². The van der Waals surface area contributed by atoms with Crippen molar-refractivity contribution in [3.63, 3.8) is 0 Å². The lowest BCUT2D eigenvalue weighted by Crippen LogP contribution is -2.45. The van der Waals surface area contributed by atoms with Gasteiger partial charge in [0.25, 0.3) is 0 Å². The molecule has 0 aliphatic carbocycles. The number of aliphatic hydroxyl groups is 3. The van der Waals surface area contributed by atoms with Crippen molar-refractivity contribution in [1.82, 2.24) is 5.32 Å². The minimum absolute atomic E-state index is 0.0106. The van der Waals surface area contributed by atoms with Crippen molar-refractivity contribution >= 4 is 5.91 Å². The number of amides is 1. The average molecular weight is 931 g/mol. The van der Waals surface area contributed by atoms with Crippen LogP contribution in [0.4, 0.5) is 0 Å². The fourth-order valence-electron chi connectivity index (χ4n) is 9.66. The summed E-state index contributed by atoms with van der Waals surface area (Å²) < 4.78 is 0. The maximum atomic E-state index is 12.5. The number of nitrogens with one attached hydrogen (secondary N) is 1. The Hall–Kier alpha value is -1.17. The van der Waals surface area contributed by atoms with E-state index in [9.17, 15) is 20.1 Å². The Bertz CT molecular complexity index is 982. The van der Waals surface area contributed by atoms with Gasteiger partial charge in [0.2, 0.25) is 5.91 Å². The van der Waals surface area contributed by atoms with Crippen LogP contribution in [0.15, 0.2) is 24.3 Å². The SMILES string of the molecule is CCCCCCCCCCCCCCCCCCC/C=C/CC/C=C/C(O)C(CO)NC(=O)CC(O)CCCCCCCCCCCCCCCCCCCCCCCCCCCCCC. The van der Waals surface area contributed by atoms with Crippen molar-refractivity contribution in [2.45, 2.75) is 353 Å². The van der Waals surface area contributed by atoms with Crippen LogP contribution in [0.3, 0.4) is 0 Å². The van der Waals surface area contributed by atoms with Crippen LogP contribution in [0.5, 0.6) is 0 Å². The summed E-state index contributed by atoms with van der Waals surface area (Å²) >= 11 is 0. The molecular weight excluding hydrogens is 811 g/mol. The summed E-state index contributed by atoms with van der Waals surface area (Å²) in [4.78, 5) is 12.5. The average Bonchev–Trinajstić information content (AvgIpc) is 3.31. The van der Waals surface area contributed by atoms with Crippen LogP contribution in [-0.2, 0) is 4.79 Å². The van der Waals surface area contributed by atoms with Crippen LogP contribution in [0.1, 0.15) is 335 Å². The molecule has 0 saturated heterocycles. The lowest BCUT2D eigenvalue weighted by molar-refractivity contribution is -0.124. The molecule has 0 aromatic rings. The molecule has 0 heterocycles. The van der Waals surface area contributed by atoms with E-state index in [2.05, 4.69) is 31.3 Å². The lowest BCUT2D eigenvalue weighted by atomic mass is 10.0. The molecule has 1 amide bonds. The molecule has 0 rings (SSSR count). The standard InChI is InChI=1S/C61H119NO4/c1-3-5-7-9-11-13-15-17-19-21-23-25-27-28-29-30-31-33-34-36-38-40-42-44-46-48-50-52-54-58(64)56-61(66)62-59(57-63)60(65)55-53-51-49-47-45-43-41-39-37-35-32-26-24-22-20-18-16-14-12-10-8-6-4-2/h45,47,53,55,58-60,63-65H,3-44,46,48-52,54,56-57H2,1-2H3,(H,62,66)/b47-45+,55-53+. The maximum Gasteiger partial charge on any atom is 0.222 e. The molecule has 66 heavy (non-hydrogen) atoms. The number of rotatable bonds is 56. The zero-order valence-corrected chi connectivity index (χ0v) is 44.9. The fourth-order valence-corrected chi connectivity index (χ4v) is 9.66. The van der Waals surface area contributed by atoms with Gasteiger partial charge < -0.3 is 20.6 Å². The van der Waals surface area contributed by atoms with Crippen molar-refractivity contribution < 1.29 is 20.1 Å². The van der Waals surface area contributed by atoms with E-state index in [0.717, 1.165) is 32.1 Å². The Morgan fingerprint density at radius 2 is 0.652 bits per heavy atom. The molecule has 5 nitrogen and oxygen atoms in total. The van der Waals surface area contributed by atoms with Gasteiger partial charge in [-0.2, -0.15) is 0 Å². The molecule has 0 fully saturated rings. The number of unbranched alkanes of at least 4 members (excludes halogenated alkanes) is 45. The second kappa shape index (κ2) is 56.4. The molecule has 5 heteroatoms. The third-order valence-corrected chi connectivity index (χ3v) is 14.2. The summed E-state index contributed by atoms with van der Waals surface area (Å²) in [5, 5.41) is 33.5. The lowest BCUT2D eigenvalue weighted by Gasteiger charge is -2.21. The van der Waals surface area contributed by atoms with Gasteiger partial charge in [-0.05, 0) is 32.1 Å². The van der Waals surface area contributed by atoms with E-state index in [1.54, 1.807) is 6.08 Å². The largest absolute Gasteiger partial charge is 0.394 e. The van der Waals surface area contributed by atoms with Gasteiger partial charge in [0.1, 0.15) is 0 Å². The van der Waals surface area contributed by atoms with Crippen molar-refractivity contribution in [3.05, 3.63) is 24.3 Å². The van der Waals surface area contributed by atoms with Crippen LogP contribution in [0, 0.1) is 0 Å². The van der Waals surface area contributed by atoms with Crippen LogP contribution < -0.4 is 5.32 Å². The fraction of sp³-hybridized carbons (Fsp3) is 0.918. The van der Waals surface area contributed by atoms with Gasteiger partial charge in [0, 0.05) is 0 Å². The first kappa shape index (κ1) is 64.8. The molecule has 0 spiro atoms. The summed E-state index contributed by atoms with van der Waals surface area (Å²) in [5.41, 5.74) is 0. The first-order valence-electron chi connectivity index (χ1n) is 30.1. The predicted octanol–water partition coefficient (Wildman–Crippen LogP) is 18.8.